The first-order valence-corrected chi connectivity index (χ1v) is 8.64. The Kier molecular flexibility index (Phi) is 4.09. The van der Waals surface area contributed by atoms with Crippen molar-refractivity contribution in [1.29, 1.82) is 0 Å². The molecule has 0 saturated heterocycles. The Morgan fingerprint density at radius 2 is 1.63 bits per heavy atom. The first kappa shape index (κ1) is 17.1. The normalized spacial score (nSPS) is 13.0. The summed E-state index contributed by atoms with van der Waals surface area (Å²) in [5, 5.41) is 0.495. The molecule has 1 heterocycles. The molecule has 1 aliphatic heterocycles. The highest BCUT2D eigenvalue weighted by Crippen LogP contribution is 2.34. The molecule has 3 aromatic rings. The van der Waals surface area contributed by atoms with E-state index in [1.165, 1.54) is 0 Å². The number of nitrogens with two attached hydrogens (primary N) is 1. The minimum atomic E-state index is -0.409. The topological polar surface area (TPSA) is 72.6 Å². The average Bonchev–Trinajstić information content (AvgIpc) is 2.88. The lowest BCUT2D eigenvalue weighted by Crippen LogP contribution is -2.29. The fourth-order valence-corrected chi connectivity index (χ4v) is 3.13. The van der Waals surface area contributed by atoms with Gasteiger partial charge < -0.3 is 10.5 Å². The van der Waals surface area contributed by atoms with Crippen molar-refractivity contribution in [2.24, 2.45) is 0 Å². The number of amides is 2. The summed E-state index contributed by atoms with van der Waals surface area (Å²) < 4.78 is 5.76. The molecule has 2 N–H and O–H groups in total. The number of anilines is 2. The highest BCUT2D eigenvalue weighted by molar-refractivity contribution is 6.35. The van der Waals surface area contributed by atoms with Gasteiger partial charge in [0.2, 0.25) is 0 Å². The van der Waals surface area contributed by atoms with Gasteiger partial charge in [-0.25, -0.2) is 4.90 Å². The summed E-state index contributed by atoms with van der Waals surface area (Å²) in [5.41, 5.74) is 8.25. The summed E-state index contributed by atoms with van der Waals surface area (Å²) in [6.45, 7) is 1.86. The van der Waals surface area contributed by atoms with Gasteiger partial charge in [-0.2, -0.15) is 0 Å². The summed E-state index contributed by atoms with van der Waals surface area (Å²) in [6, 6.07) is 16.9. The number of rotatable bonds is 3. The minimum absolute atomic E-state index is 0.290. The van der Waals surface area contributed by atoms with Crippen LogP contribution in [-0.2, 0) is 0 Å². The van der Waals surface area contributed by atoms with Gasteiger partial charge in [0.25, 0.3) is 11.8 Å². The Labute approximate surface area is 160 Å². The van der Waals surface area contributed by atoms with Crippen molar-refractivity contribution in [3.05, 3.63) is 82.4 Å². The van der Waals surface area contributed by atoms with Crippen LogP contribution in [0.4, 0.5) is 11.4 Å². The number of carbonyl (C=O) groups is 2. The molecule has 0 aromatic heterocycles. The van der Waals surface area contributed by atoms with Gasteiger partial charge in [-0.05, 0) is 55.0 Å². The van der Waals surface area contributed by atoms with E-state index in [1.54, 1.807) is 60.7 Å². The standard InChI is InChI=1S/C21H15ClN2O3/c1-12-5-6-14(10-19(12)22)24-20(25)17-8-7-16(11-18(17)21(24)26)27-15-4-2-3-13(23)9-15/h2-11H,23H2,1H3. The maximum absolute atomic E-state index is 12.8. The van der Waals surface area contributed by atoms with E-state index in [4.69, 9.17) is 22.1 Å². The first-order valence-electron chi connectivity index (χ1n) is 8.26. The molecule has 1 aliphatic rings. The molecule has 0 bridgehead atoms. The summed E-state index contributed by atoms with van der Waals surface area (Å²) in [4.78, 5) is 26.7. The van der Waals surface area contributed by atoms with Crippen LogP contribution in [0.1, 0.15) is 26.3 Å². The van der Waals surface area contributed by atoms with Crippen LogP contribution in [-0.4, -0.2) is 11.8 Å². The number of benzene rings is 3. The molecule has 0 radical (unpaired) electrons. The van der Waals surface area contributed by atoms with Crippen LogP contribution in [0.3, 0.4) is 0 Å². The van der Waals surface area contributed by atoms with E-state index in [2.05, 4.69) is 0 Å². The Morgan fingerprint density at radius 3 is 2.37 bits per heavy atom. The second-order valence-corrected chi connectivity index (χ2v) is 6.67. The summed E-state index contributed by atoms with van der Waals surface area (Å²) >= 11 is 6.15. The van der Waals surface area contributed by atoms with Crippen molar-refractivity contribution in [2.75, 3.05) is 10.6 Å². The average molecular weight is 379 g/mol. The van der Waals surface area contributed by atoms with Crippen molar-refractivity contribution < 1.29 is 14.3 Å². The van der Waals surface area contributed by atoms with Gasteiger partial charge in [-0.1, -0.05) is 23.7 Å². The molecule has 0 fully saturated rings. The van der Waals surface area contributed by atoms with Gasteiger partial charge in [0.05, 0.1) is 16.8 Å². The largest absolute Gasteiger partial charge is 0.457 e. The number of hydrogen-bond acceptors (Lipinski definition) is 4. The van der Waals surface area contributed by atoms with E-state index in [0.29, 0.717) is 33.5 Å². The van der Waals surface area contributed by atoms with Crippen LogP contribution >= 0.6 is 11.6 Å². The molecule has 5 nitrogen and oxygen atoms in total. The van der Waals surface area contributed by atoms with Crippen molar-refractivity contribution in [2.45, 2.75) is 6.92 Å². The lowest BCUT2D eigenvalue weighted by molar-refractivity contribution is 0.0926. The van der Waals surface area contributed by atoms with Gasteiger partial charge >= 0.3 is 0 Å². The molecule has 6 heteroatoms. The number of fused-ring (bicyclic) bond motifs is 1. The molecule has 2 amide bonds. The predicted octanol–water partition coefficient (Wildman–Crippen LogP) is 4.82. The molecule has 0 atom stereocenters. The van der Waals surface area contributed by atoms with Gasteiger partial charge in [0, 0.05) is 16.8 Å². The number of aryl methyl sites for hydroxylation is 1. The van der Waals surface area contributed by atoms with Crippen LogP contribution in [0.5, 0.6) is 11.5 Å². The van der Waals surface area contributed by atoms with E-state index in [1.807, 2.05) is 6.92 Å². The molecule has 27 heavy (non-hydrogen) atoms. The third-order valence-electron chi connectivity index (χ3n) is 4.37. The second kappa shape index (κ2) is 6.45. The summed E-state index contributed by atoms with van der Waals surface area (Å²) in [6.07, 6.45) is 0. The quantitative estimate of drug-likeness (QED) is 0.523. The Balaban J connectivity index is 1.68. The van der Waals surface area contributed by atoms with Crippen LogP contribution in [0, 0.1) is 6.92 Å². The highest BCUT2D eigenvalue weighted by atomic mass is 35.5. The number of imide groups is 1. The second-order valence-electron chi connectivity index (χ2n) is 6.26. The fraction of sp³-hybridized carbons (Fsp3) is 0.0476. The SMILES string of the molecule is Cc1ccc(N2C(=O)c3ccc(Oc4cccc(N)c4)cc3C2=O)cc1Cl. The molecular weight excluding hydrogens is 364 g/mol. The van der Waals surface area contributed by atoms with Crippen molar-refractivity contribution in [3.63, 3.8) is 0 Å². The third-order valence-corrected chi connectivity index (χ3v) is 4.77. The molecule has 134 valence electrons. The first-order chi connectivity index (χ1) is 12.9. The van der Waals surface area contributed by atoms with Crippen LogP contribution in [0.2, 0.25) is 5.02 Å². The van der Waals surface area contributed by atoms with E-state index < -0.39 is 5.91 Å². The Morgan fingerprint density at radius 1 is 0.889 bits per heavy atom. The van der Waals surface area contributed by atoms with Gasteiger partial charge in [0.1, 0.15) is 11.5 Å². The summed E-state index contributed by atoms with van der Waals surface area (Å²) in [5.74, 6) is 0.205. The van der Waals surface area contributed by atoms with Crippen LogP contribution in [0.25, 0.3) is 0 Å². The Hall–Kier alpha value is -3.31. The van der Waals surface area contributed by atoms with Crippen molar-refractivity contribution >= 4 is 34.8 Å². The number of nitrogens with zero attached hydrogens (tertiary/aromatic N) is 1. The number of hydrogen-bond donors (Lipinski definition) is 1. The predicted molar refractivity (Wildman–Crippen MR) is 105 cm³/mol. The van der Waals surface area contributed by atoms with E-state index in [0.717, 1.165) is 10.5 Å². The van der Waals surface area contributed by atoms with Gasteiger partial charge in [-0.15, -0.1) is 0 Å². The van der Waals surface area contributed by atoms with Gasteiger partial charge in [-0.3, -0.25) is 9.59 Å². The monoisotopic (exact) mass is 378 g/mol. The number of carbonyl (C=O) groups excluding carboxylic acids is 2. The smallest absolute Gasteiger partial charge is 0.266 e. The zero-order valence-electron chi connectivity index (χ0n) is 14.4. The summed E-state index contributed by atoms with van der Waals surface area (Å²) in [7, 11) is 0. The van der Waals surface area contributed by atoms with E-state index >= 15 is 0 Å². The lowest BCUT2D eigenvalue weighted by atomic mass is 10.1. The molecule has 0 aliphatic carbocycles. The van der Waals surface area contributed by atoms with Crippen molar-refractivity contribution in [3.8, 4) is 11.5 Å². The minimum Gasteiger partial charge on any atom is -0.457 e. The molecule has 0 spiro atoms. The van der Waals surface area contributed by atoms with E-state index in [-0.39, 0.29) is 11.5 Å². The van der Waals surface area contributed by atoms with Crippen LogP contribution in [0.15, 0.2) is 60.7 Å². The van der Waals surface area contributed by atoms with Gasteiger partial charge in [0.15, 0.2) is 0 Å². The number of halogens is 1. The molecule has 0 saturated carbocycles. The Bertz CT molecular complexity index is 1090. The molecule has 4 rings (SSSR count). The number of nitrogen functional groups attached to an aromatic ring is 1. The highest BCUT2D eigenvalue weighted by Gasteiger charge is 2.37. The van der Waals surface area contributed by atoms with Crippen LogP contribution < -0.4 is 15.4 Å². The molecule has 0 unspecified atom stereocenters. The maximum atomic E-state index is 12.8. The molecule has 3 aromatic carbocycles. The zero-order chi connectivity index (χ0) is 19.1. The third kappa shape index (κ3) is 3.02. The fourth-order valence-electron chi connectivity index (χ4n) is 2.95. The lowest BCUT2D eigenvalue weighted by Gasteiger charge is -2.14. The number of ether oxygens (including phenoxy) is 1. The zero-order valence-corrected chi connectivity index (χ0v) is 15.2. The molecular formula is C21H15ClN2O3. The van der Waals surface area contributed by atoms with E-state index in [9.17, 15) is 9.59 Å². The maximum Gasteiger partial charge on any atom is 0.266 e. The van der Waals surface area contributed by atoms with Crippen molar-refractivity contribution in [1.82, 2.24) is 0 Å².